The molecule has 0 saturated carbocycles. The van der Waals surface area contributed by atoms with Crippen LogP contribution in [0.1, 0.15) is 80.4 Å². The maximum atomic E-state index is 14.3. The molecule has 74 heavy (non-hydrogen) atoms. The number of nitrogens with two attached hydrogens (primary N) is 1. The minimum Gasteiger partial charge on any atom is -0.491 e. The SMILES string of the molecule is C[C@@H](C(=O)N[C@H](C(=O)N1Cc2cc(OCCOCCOCCOCCOc3cc4nccc(Nc5ccc6scnc6c5)c4cc3S(=O)(=O)C(C)(C)C)ccc2C[C@H]1C(N)=O)C(C)(C)C)N(C)C(=O)OC(C)(C)C. The summed E-state index contributed by atoms with van der Waals surface area (Å²) in [6, 6.07) is 13.4. The van der Waals surface area contributed by atoms with Crippen molar-refractivity contribution < 1.29 is 56.0 Å². The standard InChI is InChI=1S/C53H71N7O12S2/c1-33(59(11)50(64)72-52(5,6)7)48(62)58-46(51(2,3)4)49(63)60-31-35-26-37(14-12-34(35)27-42(60)47(54)61)70-24-22-68-20-18-67-19-21-69-23-25-71-43-30-40-38(29-45(43)74(65,66)53(8,9)10)39(16-17-55-40)57-36-13-15-44-41(28-36)56-32-73-44/h12-17,26,28-30,32-33,42,46H,18-25,27,31H2,1-11H3,(H2,54,61)(H,55,57)(H,58,62)/t33-,42-,46+/m0/s1. The third-order valence-electron chi connectivity index (χ3n) is 12.2. The van der Waals surface area contributed by atoms with Crippen molar-refractivity contribution in [2.24, 2.45) is 11.1 Å². The highest BCUT2D eigenvalue weighted by Gasteiger charge is 2.43. The third kappa shape index (κ3) is 14.6. The number of sulfone groups is 1. The smallest absolute Gasteiger partial charge is 0.410 e. The van der Waals surface area contributed by atoms with E-state index in [-0.39, 0.29) is 56.6 Å². The van der Waals surface area contributed by atoms with Gasteiger partial charge < -0.3 is 49.7 Å². The molecule has 1 aliphatic rings. The van der Waals surface area contributed by atoms with E-state index in [0.29, 0.717) is 42.2 Å². The summed E-state index contributed by atoms with van der Waals surface area (Å²) in [4.78, 5) is 64.8. The second-order valence-electron chi connectivity index (χ2n) is 21.1. The van der Waals surface area contributed by atoms with Crippen molar-refractivity contribution in [2.75, 3.05) is 65.2 Å². The number of primary amides is 1. The number of pyridine rings is 1. The Morgan fingerprint density at radius 3 is 2.08 bits per heavy atom. The first kappa shape index (κ1) is 57.2. The molecule has 0 bridgehead atoms. The molecule has 0 aliphatic carbocycles. The van der Waals surface area contributed by atoms with E-state index in [2.05, 4.69) is 20.6 Å². The Labute approximate surface area is 437 Å². The Morgan fingerprint density at radius 2 is 1.46 bits per heavy atom. The quantitative estimate of drug-likeness (QED) is 0.0581. The van der Waals surface area contributed by atoms with Gasteiger partial charge in [0.15, 0.2) is 9.84 Å². The van der Waals surface area contributed by atoms with Gasteiger partial charge in [-0.1, -0.05) is 26.8 Å². The molecule has 4 amide bonds. The van der Waals surface area contributed by atoms with Crippen LogP contribution in [0.3, 0.4) is 0 Å². The molecule has 4 N–H and O–H groups in total. The highest BCUT2D eigenvalue weighted by Crippen LogP contribution is 2.38. The summed E-state index contributed by atoms with van der Waals surface area (Å²) in [5.41, 5.74) is 10.6. The van der Waals surface area contributed by atoms with Crippen LogP contribution >= 0.6 is 11.3 Å². The Hall–Kier alpha value is -6.13. The fraction of sp³-hybridized carbons (Fsp3) is 0.509. The molecule has 3 atom stereocenters. The van der Waals surface area contributed by atoms with Gasteiger partial charge in [0.05, 0.1) is 65.6 Å². The predicted molar refractivity (Wildman–Crippen MR) is 284 cm³/mol. The van der Waals surface area contributed by atoms with Crippen molar-refractivity contribution in [3.8, 4) is 11.5 Å². The molecule has 3 aromatic carbocycles. The van der Waals surface area contributed by atoms with E-state index in [4.69, 9.17) is 34.2 Å². The minimum atomic E-state index is -3.83. The summed E-state index contributed by atoms with van der Waals surface area (Å²) >= 11 is 1.56. The lowest BCUT2D eigenvalue weighted by molar-refractivity contribution is -0.146. The van der Waals surface area contributed by atoms with E-state index in [1.54, 1.807) is 117 Å². The van der Waals surface area contributed by atoms with Gasteiger partial charge in [0, 0.05) is 49.0 Å². The van der Waals surface area contributed by atoms with Crippen LogP contribution in [-0.2, 0) is 56.1 Å². The molecule has 0 unspecified atom stereocenters. The number of rotatable bonds is 22. The first-order valence-corrected chi connectivity index (χ1v) is 26.9. The van der Waals surface area contributed by atoms with Crippen molar-refractivity contribution in [3.63, 3.8) is 0 Å². The molecule has 402 valence electrons. The van der Waals surface area contributed by atoms with Crippen molar-refractivity contribution in [2.45, 2.75) is 116 Å². The summed E-state index contributed by atoms with van der Waals surface area (Å²) in [6.07, 6.45) is 1.16. The fourth-order valence-corrected chi connectivity index (χ4v) is 9.83. The molecular weight excluding hydrogens is 991 g/mol. The number of nitrogens with zero attached hydrogens (tertiary/aromatic N) is 4. The number of hydrogen-bond acceptors (Lipinski definition) is 16. The number of thiazole rings is 1. The van der Waals surface area contributed by atoms with E-state index >= 15 is 0 Å². The zero-order chi connectivity index (χ0) is 54.2. The monoisotopic (exact) mass is 1060 g/mol. The number of aromatic nitrogens is 2. The number of benzene rings is 3. The lowest BCUT2D eigenvalue weighted by Gasteiger charge is -2.41. The van der Waals surface area contributed by atoms with Crippen LogP contribution < -0.4 is 25.8 Å². The molecule has 19 nitrogen and oxygen atoms in total. The van der Waals surface area contributed by atoms with Gasteiger partial charge in [-0.15, -0.1) is 11.3 Å². The van der Waals surface area contributed by atoms with Gasteiger partial charge in [-0.05, 0) is 107 Å². The second kappa shape index (κ2) is 24.0. The normalized spacial score (nSPS) is 15.0. The summed E-state index contributed by atoms with van der Waals surface area (Å²) in [6.45, 7) is 19.1. The molecule has 1 aliphatic heterocycles. The molecule has 0 radical (unpaired) electrons. The molecule has 5 aromatic rings. The maximum absolute atomic E-state index is 14.3. The molecule has 6 rings (SSSR count). The van der Waals surface area contributed by atoms with E-state index in [1.807, 2.05) is 30.3 Å². The molecule has 0 saturated heterocycles. The average molecular weight is 1060 g/mol. The maximum Gasteiger partial charge on any atom is 0.410 e. The molecule has 3 heterocycles. The number of amides is 4. The van der Waals surface area contributed by atoms with Gasteiger partial charge in [0.1, 0.15) is 53.3 Å². The number of ether oxygens (including phenoxy) is 6. The Bertz CT molecular complexity index is 2910. The number of nitrogens with one attached hydrogen (secondary N) is 2. The Balaban J connectivity index is 0.930. The summed E-state index contributed by atoms with van der Waals surface area (Å²) in [7, 11) is -2.38. The molecule has 0 fully saturated rings. The first-order chi connectivity index (χ1) is 34.7. The number of likely N-dealkylation sites (N-methyl/N-ethyl adjacent to an activating group) is 1. The largest absolute Gasteiger partial charge is 0.491 e. The van der Waals surface area contributed by atoms with E-state index in [0.717, 1.165) is 27.0 Å². The van der Waals surface area contributed by atoms with E-state index in [9.17, 15) is 27.6 Å². The van der Waals surface area contributed by atoms with Crippen LogP contribution in [0.2, 0.25) is 0 Å². The van der Waals surface area contributed by atoms with Crippen molar-refractivity contribution in [1.29, 1.82) is 0 Å². The number of fused-ring (bicyclic) bond motifs is 3. The van der Waals surface area contributed by atoms with E-state index < -0.39 is 67.5 Å². The van der Waals surface area contributed by atoms with Crippen molar-refractivity contribution in [3.05, 3.63) is 77.4 Å². The van der Waals surface area contributed by atoms with Crippen molar-refractivity contribution >= 4 is 77.5 Å². The first-order valence-electron chi connectivity index (χ1n) is 24.5. The van der Waals surface area contributed by atoms with Gasteiger partial charge >= 0.3 is 6.09 Å². The number of carbonyl (C=O) groups is 4. The van der Waals surface area contributed by atoms with Gasteiger partial charge in [-0.25, -0.2) is 18.2 Å². The Kier molecular flexibility index (Phi) is 18.6. The number of hydrogen-bond donors (Lipinski definition) is 3. The highest BCUT2D eigenvalue weighted by atomic mass is 32.2. The highest BCUT2D eigenvalue weighted by molar-refractivity contribution is 7.92. The molecule has 0 spiro atoms. The predicted octanol–water partition coefficient (Wildman–Crippen LogP) is 7.19. The topological polar surface area (TPSA) is 240 Å². The zero-order valence-electron chi connectivity index (χ0n) is 44.2. The number of carbonyl (C=O) groups excluding carboxylic acids is 4. The zero-order valence-corrected chi connectivity index (χ0v) is 45.9. The van der Waals surface area contributed by atoms with Crippen molar-refractivity contribution in [1.82, 2.24) is 25.1 Å². The van der Waals surface area contributed by atoms with Crippen LogP contribution in [0.5, 0.6) is 11.5 Å². The second-order valence-corrected chi connectivity index (χ2v) is 24.6. The number of anilines is 2. The van der Waals surface area contributed by atoms with Gasteiger partial charge in [0.25, 0.3) is 0 Å². The third-order valence-corrected chi connectivity index (χ3v) is 15.5. The lowest BCUT2D eigenvalue weighted by atomic mass is 9.84. The van der Waals surface area contributed by atoms with Crippen LogP contribution in [-0.4, -0.2) is 140 Å². The van der Waals surface area contributed by atoms with Gasteiger partial charge in [-0.2, -0.15) is 0 Å². The molecule has 21 heteroatoms. The minimum absolute atomic E-state index is 0.0523. The van der Waals surface area contributed by atoms with Crippen LogP contribution in [0.4, 0.5) is 16.2 Å². The molecular formula is C53H71N7O12S2. The molecule has 2 aromatic heterocycles. The summed E-state index contributed by atoms with van der Waals surface area (Å²) in [5, 5.41) is 6.86. The van der Waals surface area contributed by atoms with Crippen LogP contribution in [0.15, 0.2) is 71.2 Å². The Morgan fingerprint density at radius 1 is 0.811 bits per heavy atom. The van der Waals surface area contributed by atoms with Crippen LogP contribution in [0.25, 0.3) is 21.1 Å². The van der Waals surface area contributed by atoms with E-state index in [1.165, 1.54) is 16.8 Å². The van der Waals surface area contributed by atoms with Gasteiger partial charge in [-0.3, -0.25) is 24.3 Å². The average Bonchev–Trinajstić information content (AvgIpc) is 3.80. The summed E-state index contributed by atoms with van der Waals surface area (Å²) in [5.74, 6) is -0.987. The fourth-order valence-electron chi connectivity index (χ4n) is 7.86. The lowest BCUT2D eigenvalue weighted by Crippen LogP contribution is -2.61. The van der Waals surface area contributed by atoms with Crippen LogP contribution in [0, 0.1) is 5.41 Å². The summed E-state index contributed by atoms with van der Waals surface area (Å²) < 4.78 is 62.3. The van der Waals surface area contributed by atoms with Gasteiger partial charge in [0.2, 0.25) is 17.7 Å².